The summed E-state index contributed by atoms with van der Waals surface area (Å²) < 4.78 is 5.29. The SMILES string of the molecule is Cc1ccc(SCC(=O)N2CCOCC2CC(=O)O)c(C)c1. The number of rotatable bonds is 5. The number of amides is 1. The summed E-state index contributed by atoms with van der Waals surface area (Å²) in [6, 6.07) is 5.78. The molecule has 0 saturated carbocycles. The Morgan fingerprint density at radius 1 is 1.41 bits per heavy atom. The molecule has 1 atom stereocenters. The van der Waals surface area contributed by atoms with E-state index in [0.29, 0.717) is 25.5 Å². The van der Waals surface area contributed by atoms with E-state index in [4.69, 9.17) is 9.84 Å². The maximum atomic E-state index is 12.4. The van der Waals surface area contributed by atoms with Crippen LogP contribution in [0.15, 0.2) is 23.1 Å². The quantitative estimate of drug-likeness (QED) is 0.841. The van der Waals surface area contributed by atoms with Crippen molar-refractivity contribution in [3.05, 3.63) is 29.3 Å². The highest BCUT2D eigenvalue weighted by molar-refractivity contribution is 8.00. The van der Waals surface area contributed by atoms with Crippen LogP contribution in [0.1, 0.15) is 17.5 Å². The fourth-order valence-electron chi connectivity index (χ4n) is 2.54. The molecule has 0 aliphatic carbocycles. The summed E-state index contributed by atoms with van der Waals surface area (Å²) in [5.74, 6) is -0.616. The number of hydrogen-bond acceptors (Lipinski definition) is 4. The van der Waals surface area contributed by atoms with Gasteiger partial charge in [-0.25, -0.2) is 0 Å². The highest BCUT2D eigenvalue weighted by Crippen LogP contribution is 2.24. The lowest BCUT2D eigenvalue weighted by atomic mass is 10.1. The van der Waals surface area contributed by atoms with Crippen molar-refractivity contribution in [2.45, 2.75) is 31.2 Å². The lowest BCUT2D eigenvalue weighted by molar-refractivity contribution is -0.144. The molecule has 22 heavy (non-hydrogen) atoms. The second kappa shape index (κ2) is 7.65. The first-order valence-electron chi connectivity index (χ1n) is 7.26. The van der Waals surface area contributed by atoms with Gasteiger partial charge in [-0.15, -0.1) is 11.8 Å². The number of carbonyl (C=O) groups is 2. The molecule has 0 aromatic heterocycles. The summed E-state index contributed by atoms with van der Waals surface area (Å²) in [7, 11) is 0. The summed E-state index contributed by atoms with van der Waals surface area (Å²) in [5.41, 5.74) is 2.35. The van der Waals surface area contributed by atoms with Gasteiger partial charge in [0.1, 0.15) is 0 Å². The van der Waals surface area contributed by atoms with Gasteiger partial charge in [0, 0.05) is 11.4 Å². The Morgan fingerprint density at radius 3 is 2.86 bits per heavy atom. The summed E-state index contributed by atoms with van der Waals surface area (Å²) in [4.78, 5) is 26.0. The number of nitrogens with zero attached hydrogens (tertiary/aromatic N) is 1. The number of benzene rings is 1. The minimum Gasteiger partial charge on any atom is -0.481 e. The summed E-state index contributed by atoms with van der Waals surface area (Å²) in [5, 5.41) is 8.94. The van der Waals surface area contributed by atoms with Crippen LogP contribution in [0.5, 0.6) is 0 Å². The van der Waals surface area contributed by atoms with Crippen molar-refractivity contribution >= 4 is 23.6 Å². The molecule has 2 rings (SSSR count). The Morgan fingerprint density at radius 2 is 2.18 bits per heavy atom. The number of aliphatic carboxylic acids is 1. The number of carbonyl (C=O) groups excluding carboxylic acids is 1. The van der Waals surface area contributed by atoms with Gasteiger partial charge in [0.2, 0.25) is 5.91 Å². The van der Waals surface area contributed by atoms with E-state index in [-0.39, 0.29) is 18.4 Å². The van der Waals surface area contributed by atoms with Gasteiger partial charge in [-0.2, -0.15) is 0 Å². The van der Waals surface area contributed by atoms with E-state index >= 15 is 0 Å². The number of morpholine rings is 1. The number of carboxylic acid groups (broad SMARTS) is 1. The largest absolute Gasteiger partial charge is 0.481 e. The molecule has 0 bridgehead atoms. The molecule has 1 saturated heterocycles. The normalized spacial score (nSPS) is 18.3. The van der Waals surface area contributed by atoms with E-state index in [1.165, 1.54) is 17.3 Å². The monoisotopic (exact) mass is 323 g/mol. The zero-order chi connectivity index (χ0) is 16.1. The van der Waals surface area contributed by atoms with E-state index in [1.807, 2.05) is 26.0 Å². The van der Waals surface area contributed by atoms with Crippen LogP contribution in [0.2, 0.25) is 0 Å². The second-order valence-corrected chi connectivity index (χ2v) is 6.49. The average Bonchev–Trinajstić information content (AvgIpc) is 2.46. The zero-order valence-electron chi connectivity index (χ0n) is 12.9. The van der Waals surface area contributed by atoms with Gasteiger partial charge < -0.3 is 14.7 Å². The molecule has 1 aliphatic heterocycles. The third-order valence-corrected chi connectivity index (χ3v) is 4.80. The second-order valence-electron chi connectivity index (χ2n) is 5.47. The Labute approximate surface area is 134 Å². The first kappa shape index (κ1) is 16.8. The van der Waals surface area contributed by atoms with E-state index in [1.54, 1.807) is 4.90 Å². The minimum absolute atomic E-state index is 0.0282. The van der Waals surface area contributed by atoms with Crippen LogP contribution >= 0.6 is 11.8 Å². The Hall–Kier alpha value is -1.53. The third-order valence-electron chi connectivity index (χ3n) is 3.64. The number of aryl methyl sites for hydroxylation is 2. The maximum absolute atomic E-state index is 12.4. The van der Waals surface area contributed by atoms with Crippen LogP contribution in [0, 0.1) is 13.8 Å². The Kier molecular flexibility index (Phi) is 5.85. The molecular weight excluding hydrogens is 302 g/mol. The summed E-state index contributed by atoms with van der Waals surface area (Å²) in [6.07, 6.45) is -0.0695. The van der Waals surface area contributed by atoms with Gasteiger partial charge in [-0.3, -0.25) is 9.59 Å². The molecule has 1 heterocycles. The molecule has 5 nitrogen and oxygen atoms in total. The zero-order valence-corrected chi connectivity index (χ0v) is 13.7. The number of thioether (sulfide) groups is 1. The average molecular weight is 323 g/mol. The molecule has 1 fully saturated rings. The first-order valence-corrected chi connectivity index (χ1v) is 8.25. The van der Waals surface area contributed by atoms with Gasteiger partial charge in [-0.05, 0) is 25.5 Å². The van der Waals surface area contributed by atoms with Crippen LogP contribution in [0.3, 0.4) is 0 Å². The molecule has 1 aromatic rings. The molecular formula is C16H21NO4S. The fourth-order valence-corrected chi connectivity index (χ4v) is 3.43. The van der Waals surface area contributed by atoms with Gasteiger partial charge in [0.05, 0.1) is 31.4 Å². The molecule has 120 valence electrons. The highest BCUT2D eigenvalue weighted by Gasteiger charge is 2.28. The standard InChI is InChI=1S/C16H21NO4S/c1-11-3-4-14(12(2)7-11)22-10-15(18)17-5-6-21-9-13(17)8-16(19)20/h3-4,7,13H,5-6,8-10H2,1-2H3,(H,19,20). The lowest BCUT2D eigenvalue weighted by Crippen LogP contribution is -2.50. The van der Waals surface area contributed by atoms with Crippen molar-refractivity contribution in [3.8, 4) is 0 Å². The van der Waals surface area contributed by atoms with Gasteiger partial charge in [-0.1, -0.05) is 17.7 Å². The van der Waals surface area contributed by atoms with Crippen molar-refractivity contribution in [1.82, 2.24) is 4.90 Å². The topological polar surface area (TPSA) is 66.8 Å². The van der Waals surface area contributed by atoms with Crippen molar-refractivity contribution in [2.75, 3.05) is 25.5 Å². The predicted octanol–water partition coefficient (Wildman–Crippen LogP) is 2.10. The van der Waals surface area contributed by atoms with Gasteiger partial charge in [0.25, 0.3) is 0 Å². The molecule has 1 aliphatic rings. The van der Waals surface area contributed by atoms with E-state index in [2.05, 4.69) is 6.07 Å². The molecule has 0 spiro atoms. The van der Waals surface area contributed by atoms with Crippen molar-refractivity contribution in [1.29, 1.82) is 0 Å². The summed E-state index contributed by atoms with van der Waals surface area (Å²) >= 11 is 1.50. The molecule has 6 heteroatoms. The van der Waals surface area contributed by atoms with Crippen LogP contribution < -0.4 is 0 Å². The smallest absolute Gasteiger partial charge is 0.305 e. The maximum Gasteiger partial charge on any atom is 0.305 e. The van der Waals surface area contributed by atoms with E-state index < -0.39 is 5.97 Å². The Bertz CT molecular complexity index is 561. The summed E-state index contributed by atoms with van der Waals surface area (Å²) in [6.45, 7) is 5.30. The van der Waals surface area contributed by atoms with E-state index in [9.17, 15) is 9.59 Å². The van der Waals surface area contributed by atoms with Crippen LogP contribution in [-0.2, 0) is 14.3 Å². The fraction of sp³-hybridized carbons (Fsp3) is 0.500. The first-order chi connectivity index (χ1) is 10.5. The number of ether oxygens (including phenoxy) is 1. The van der Waals surface area contributed by atoms with Gasteiger partial charge >= 0.3 is 5.97 Å². The van der Waals surface area contributed by atoms with Crippen LogP contribution in [0.4, 0.5) is 0 Å². The Balaban J connectivity index is 1.96. The van der Waals surface area contributed by atoms with Gasteiger partial charge in [0.15, 0.2) is 0 Å². The van der Waals surface area contributed by atoms with Crippen LogP contribution in [0.25, 0.3) is 0 Å². The minimum atomic E-state index is -0.907. The van der Waals surface area contributed by atoms with E-state index in [0.717, 1.165) is 10.5 Å². The van der Waals surface area contributed by atoms with Crippen LogP contribution in [-0.4, -0.2) is 53.4 Å². The third kappa shape index (κ3) is 4.48. The number of carboxylic acids is 1. The molecule has 0 radical (unpaired) electrons. The number of hydrogen-bond donors (Lipinski definition) is 1. The van der Waals surface area contributed by atoms with Crippen molar-refractivity contribution < 1.29 is 19.4 Å². The highest BCUT2D eigenvalue weighted by atomic mass is 32.2. The van der Waals surface area contributed by atoms with Crippen molar-refractivity contribution in [3.63, 3.8) is 0 Å². The predicted molar refractivity (Wildman–Crippen MR) is 85.2 cm³/mol. The lowest BCUT2D eigenvalue weighted by Gasteiger charge is -2.34. The molecule has 1 amide bonds. The molecule has 1 aromatic carbocycles. The molecule has 1 unspecified atom stereocenters. The molecule has 1 N–H and O–H groups in total. The van der Waals surface area contributed by atoms with Crippen molar-refractivity contribution in [2.24, 2.45) is 0 Å².